The van der Waals surface area contributed by atoms with Crippen molar-refractivity contribution in [1.29, 1.82) is 0 Å². The molecule has 136 valence electrons. The molecule has 0 unspecified atom stereocenters. The van der Waals surface area contributed by atoms with E-state index in [9.17, 15) is 9.90 Å². The van der Waals surface area contributed by atoms with Crippen molar-refractivity contribution in [3.8, 4) is 18.1 Å². The lowest BCUT2D eigenvalue weighted by Gasteiger charge is -2.30. The first-order valence-corrected chi connectivity index (χ1v) is 8.87. The SMILES string of the molecule is C#CCN1CCC(C(=O)NC[C@H](O)c2ccc(OC(C)C)cc2)CC1. The van der Waals surface area contributed by atoms with E-state index in [0.717, 1.165) is 37.2 Å². The number of nitrogens with zero attached hydrogens (tertiary/aromatic N) is 1. The van der Waals surface area contributed by atoms with Gasteiger partial charge in [-0.15, -0.1) is 6.42 Å². The Morgan fingerprint density at radius 3 is 2.56 bits per heavy atom. The normalized spacial score (nSPS) is 17.1. The maximum atomic E-state index is 12.3. The van der Waals surface area contributed by atoms with Crippen LogP contribution in [0, 0.1) is 18.3 Å². The smallest absolute Gasteiger partial charge is 0.223 e. The Balaban J connectivity index is 1.77. The molecular formula is C20H28N2O3. The Hall–Kier alpha value is -2.03. The van der Waals surface area contributed by atoms with Crippen LogP contribution in [0.5, 0.6) is 5.75 Å². The number of benzene rings is 1. The largest absolute Gasteiger partial charge is 0.491 e. The fraction of sp³-hybridized carbons (Fsp3) is 0.550. The van der Waals surface area contributed by atoms with Crippen molar-refractivity contribution in [2.45, 2.75) is 38.9 Å². The summed E-state index contributed by atoms with van der Waals surface area (Å²) in [6.07, 6.45) is 6.33. The van der Waals surface area contributed by atoms with E-state index < -0.39 is 6.10 Å². The molecule has 1 amide bonds. The summed E-state index contributed by atoms with van der Waals surface area (Å²) < 4.78 is 5.58. The number of likely N-dealkylation sites (tertiary alicyclic amines) is 1. The minimum Gasteiger partial charge on any atom is -0.491 e. The van der Waals surface area contributed by atoms with Gasteiger partial charge in [0.15, 0.2) is 0 Å². The third-order valence-electron chi connectivity index (χ3n) is 4.38. The van der Waals surface area contributed by atoms with Crippen LogP contribution in [0.15, 0.2) is 24.3 Å². The number of ether oxygens (including phenoxy) is 1. The lowest BCUT2D eigenvalue weighted by Crippen LogP contribution is -2.41. The molecule has 1 heterocycles. The molecule has 0 spiro atoms. The van der Waals surface area contributed by atoms with E-state index in [1.165, 1.54) is 0 Å². The fourth-order valence-corrected chi connectivity index (χ4v) is 2.98. The van der Waals surface area contributed by atoms with Crippen LogP contribution < -0.4 is 10.1 Å². The Morgan fingerprint density at radius 1 is 1.36 bits per heavy atom. The minimum absolute atomic E-state index is 0.00282. The predicted octanol–water partition coefficient (Wildman–Crippen LogP) is 1.97. The molecule has 1 aliphatic heterocycles. The van der Waals surface area contributed by atoms with Gasteiger partial charge in [-0.2, -0.15) is 0 Å². The van der Waals surface area contributed by atoms with Gasteiger partial charge in [0.05, 0.1) is 18.8 Å². The Bertz CT molecular complexity index is 584. The lowest BCUT2D eigenvalue weighted by molar-refractivity contribution is -0.126. The molecule has 1 atom stereocenters. The van der Waals surface area contributed by atoms with Gasteiger partial charge < -0.3 is 15.2 Å². The van der Waals surface area contributed by atoms with Crippen molar-refractivity contribution >= 4 is 5.91 Å². The molecule has 5 heteroatoms. The lowest BCUT2D eigenvalue weighted by atomic mass is 9.96. The average molecular weight is 344 g/mol. The molecule has 0 radical (unpaired) electrons. The summed E-state index contributed by atoms with van der Waals surface area (Å²) in [6.45, 7) is 6.49. The summed E-state index contributed by atoms with van der Waals surface area (Å²) in [4.78, 5) is 14.5. The van der Waals surface area contributed by atoms with E-state index in [4.69, 9.17) is 11.2 Å². The number of rotatable bonds is 7. The minimum atomic E-state index is -0.724. The molecule has 5 nitrogen and oxygen atoms in total. The van der Waals surface area contributed by atoms with Gasteiger partial charge in [0.25, 0.3) is 0 Å². The number of nitrogens with one attached hydrogen (secondary N) is 1. The van der Waals surface area contributed by atoms with Crippen LogP contribution >= 0.6 is 0 Å². The van der Waals surface area contributed by atoms with Crippen LogP contribution in [0.1, 0.15) is 38.4 Å². The van der Waals surface area contributed by atoms with Crippen molar-refractivity contribution in [3.63, 3.8) is 0 Å². The number of hydrogen-bond acceptors (Lipinski definition) is 4. The third kappa shape index (κ3) is 6.08. The van der Waals surface area contributed by atoms with Gasteiger partial charge in [-0.1, -0.05) is 18.1 Å². The molecule has 1 saturated heterocycles. The summed E-state index contributed by atoms with van der Waals surface area (Å²) in [5.74, 6) is 3.43. The zero-order valence-corrected chi connectivity index (χ0v) is 15.1. The van der Waals surface area contributed by atoms with Gasteiger partial charge in [0.2, 0.25) is 5.91 Å². The Labute approximate surface area is 150 Å². The molecule has 0 aliphatic carbocycles. The molecule has 2 N–H and O–H groups in total. The number of terminal acetylenes is 1. The van der Waals surface area contributed by atoms with Gasteiger partial charge >= 0.3 is 0 Å². The Kier molecular flexibility index (Phi) is 7.30. The maximum Gasteiger partial charge on any atom is 0.223 e. The van der Waals surface area contributed by atoms with E-state index in [1.807, 2.05) is 38.1 Å². The van der Waals surface area contributed by atoms with Gasteiger partial charge in [-0.25, -0.2) is 0 Å². The van der Waals surface area contributed by atoms with Crippen LogP contribution in [0.4, 0.5) is 0 Å². The molecule has 0 bridgehead atoms. The van der Waals surface area contributed by atoms with Crippen LogP contribution in [-0.2, 0) is 4.79 Å². The number of aliphatic hydroxyl groups is 1. The summed E-state index contributed by atoms with van der Waals surface area (Å²) >= 11 is 0. The van der Waals surface area contributed by atoms with Crippen LogP contribution in [0.25, 0.3) is 0 Å². The summed E-state index contributed by atoms with van der Waals surface area (Å²) in [6, 6.07) is 7.32. The molecule has 1 aliphatic rings. The van der Waals surface area contributed by atoms with Crippen molar-refractivity contribution in [2.24, 2.45) is 5.92 Å². The van der Waals surface area contributed by atoms with Gasteiger partial charge in [-0.05, 0) is 57.5 Å². The van der Waals surface area contributed by atoms with Crippen LogP contribution in [0.3, 0.4) is 0 Å². The monoisotopic (exact) mass is 344 g/mol. The zero-order valence-electron chi connectivity index (χ0n) is 15.1. The molecule has 1 fully saturated rings. The van der Waals surface area contributed by atoms with Gasteiger partial charge in [0.1, 0.15) is 5.75 Å². The first-order chi connectivity index (χ1) is 12.0. The number of aliphatic hydroxyl groups excluding tert-OH is 1. The summed E-state index contributed by atoms with van der Waals surface area (Å²) in [5, 5.41) is 13.1. The van der Waals surface area contributed by atoms with Crippen LogP contribution in [0.2, 0.25) is 0 Å². The third-order valence-corrected chi connectivity index (χ3v) is 4.38. The van der Waals surface area contributed by atoms with E-state index in [2.05, 4.69) is 16.1 Å². The maximum absolute atomic E-state index is 12.3. The highest BCUT2D eigenvalue weighted by Crippen LogP contribution is 2.20. The number of carbonyl (C=O) groups excluding carboxylic acids is 1. The number of amides is 1. The van der Waals surface area contributed by atoms with E-state index in [1.54, 1.807) is 0 Å². The van der Waals surface area contributed by atoms with Gasteiger partial charge in [-0.3, -0.25) is 9.69 Å². The summed E-state index contributed by atoms with van der Waals surface area (Å²) in [5.41, 5.74) is 0.764. The second-order valence-corrected chi connectivity index (χ2v) is 6.75. The number of carbonyl (C=O) groups is 1. The van der Waals surface area contributed by atoms with Crippen molar-refractivity contribution in [2.75, 3.05) is 26.2 Å². The Morgan fingerprint density at radius 2 is 2.00 bits per heavy atom. The molecule has 1 aromatic carbocycles. The van der Waals surface area contributed by atoms with Gasteiger partial charge in [0, 0.05) is 12.5 Å². The topological polar surface area (TPSA) is 61.8 Å². The molecular weight excluding hydrogens is 316 g/mol. The number of hydrogen-bond donors (Lipinski definition) is 2. The standard InChI is InChI=1S/C20H28N2O3/c1-4-11-22-12-9-17(10-13-22)20(24)21-14-19(23)16-5-7-18(8-6-16)25-15(2)3/h1,5-8,15,17,19,23H,9-14H2,2-3H3,(H,21,24)/t19-/m0/s1. The first-order valence-electron chi connectivity index (χ1n) is 8.87. The predicted molar refractivity (Wildman–Crippen MR) is 98.2 cm³/mol. The quantitative estimate of drug-likeness (QED) is 0.743. The molecule has 0 aromatic heterocycles. The van der Waals surface area contributed by atoms with Crippen molar-refractivity contribution in [1.82, 2.24) is 10.2 Å². The summed E-state index contributed by atoms with van der Waals surface area (Å²) in [7, 11) is 0. The molecule has 0 saturated carbocycles. The molecule has 1 aromatic rings. The zero-order chi connectivity index (χ0) is 18.2. The second kappa shape index (κ2) is 9.45. The second-order valence-electron chi connectivity index (χ2n) is 6.75. The fourth-order valence-electron chi connectivity index (χ4n) is 2.98. The highest BCUT2D eigenvalue weighted by molar-refractivity contribution is 5.78. The average Bonchev–Trinajstić information content (AvgIpc) is 2.60. The van der Waals surface area contributed by atoms with E-state index in [0.29, 0.717) is 6.54 Å². The van der Waals surface area contributed by atoms with Crippen molar-refractivity contribution < 1.29 is 14.6 Å². The van der Waals surface area contributed by atoms with Crippen LogP contribution in [-0.4, -0.2) is 48.2 Å². The van der Waals surface area contributed by atoms with E-state index in [-0.39, 0.29) is 24.5 Å². The number of piperidine rings is 1. The first kappa shape index (κ1) is 19.3. The highest BCUT2D eigenvalue weighted by atomic mass is 16.5. The molecule has 25 heavy (non-hydrogen) atoms. The van der Waals surface area contributed by atoms with E-state index >= 15 is 0 Å². The molecule has 2 rings (SSSR count). The highest BCUT2D eigenvalue weighted by Gasteiger charge is 2.24. The van der Waals surface area contributed by atoms with Crippen molar-refractivity contribution in [3.05, 3.63) is 29.8 Å².